The number of nitrogens with zero attached hydrogens (tertiary/aromatic N) is 4. The van der Waals surface area contributed by atoms with E-state index in [1.807, 2.05) is 49.4 Å². The molecule has 2 aromatic carbocycles. The van der Waals surface area contributed by atoms with Gasteiger partial charge in [0.2, 0.25) is 5.91 Å². The Balaban J connectivity index is 1.52. The fourth-order valence-electron chi connectivity index (χ4n) is 4.39. The molecule has 0 bridgehead atoms. The lowest BCUT2D eigenvalue weighted by Gasteiger charge is -2.39. The summed E-state index contributed by atoms with van der Waals surface area (Å²) in [5, 5.41) is 3.04. The Morgan fingerprint density at radius 3 is 2.29 bits per heavy atom. The van der Waals surface area contributed by atoms with E-state index in [-0.39, 0.29) is 17.6 Å². The lowest BCUT2D eigenvalue weighted by molar-refractivity contribution is -0.121. The van der Waals surface area contributed by atoms with Gasteiger partial charge in [-0.2, -0.15) is 0 Å². The third-order valence-corrected chi connectivity index (χ3v) is 6.28. The molecule has 35 heavy (non-hydrogen) atoms. The van der Waals surface area contributed by atoms with E-state index in [0.29, 0.717) is 11.3 Å². The molecular weight excluding hydrogens is 438 g/mol. The third kappa shape index (κ3) is 5.92. The Labute approximate surface area is 207 Å². The molecule has 0 radical (unpaired) electrons. The van der Waals surface area contributed by atoms with Crippen molar-refractivity contribution in [2.24, 2.45) is 0 Å². The molecule has 1 N–H and O–H groups in total. The van der Waals surface area contributed by atoms with E-state index in [1.54, 1.807) is 18.2 Å². The van der Waals surface area contributed by atoms with Crippen LogP contribution in [-0.2, 0) is 4.79 Å². The average Bonchev–Trinajstić information content (AvgIpc) is 2.85. The van der Waals surface area contributed by atoms with Crippen LogP contribution < -0.4 is 10.2 Å². The smallest absolute Gasteiger partial charge is 0.246 e. The molecule has 1 amide bonds. The van der Waals surface area contributed by atoms with E-state index in [1.165, 1.54) is 6.92 Å². The molecule has 182 valence electrons. The number of anilines is 2. The van der Waals surface area contributed by atoms with Gasteiger partial charge in [0, 0.05) is 55.1 Å². The number of aromatic nitrogens is 2. The highest BCUT2D eigenvalue weighted by Crippen LogP contribution is 2.26. The number of nitrogens with one attached hydrogen (secondary N) is 1. The van der Waals surface area contributed by atoms with Crippen molar-refractivity contribution in [1.82, 2.24) is 14.9 Å². The van der Waals surface area contributed by atoms with E-state index in [4.69, 9.17) is 4.98 Å². The molecule has 1 aliphatic rings. The summed E-state index contributed by atoms with van der Waals surface area (Å²) in [4.78, 5) is 39.2. The van der Waals surface area contributed by atoms with E-state index >= 15 is 0 Å². The van der Waals surface area contributed by atoms with Gasteiger partial charge in [0.25, 0.3) is 0 Å². The largest absolute Gasteiger partial charge is 0.354 e. The predicted molar refractivity (Wildman–Crippen MR) is 139 cm³/mol. The van der Waals surface area contributed by atoms with Gasteiger partial charge in [-0.15, -0.1) is 0 Å². The van der Waals surface area contributed by atoms with E-state index < -0.39 is 6.04 Å². The summed E-state index contributed by atoms with van der Waals surface area (Å²) in [5.74, 6) is 1.93. The first kappa shape index (κ1) is 24.5. The van der Waals surface area contributed by atoms with Crippen molar-refractivity contribution in [3.05, 3.63) is 83.3 Å². The Kier molecular flexibility index (Phi) is 7.56. The standard InChI is InChI=1S/C28H33N5O2/c1-19(2)27-29-20(3)17-25(31-27)32-13-15-33(16-14-32)26(22-9-6-5-7-10-22)28(35)30-24-12-8-11-23(18-24)21(4)34/h5-12,17-19,26H,13-16H2,1-4H3,(H,30,35)/t26-/m0/s1. The van der Waals surface area contributed by atoms with Gasteiger partial charge in [0.05, 0.1) is 0 Å². The van der Waals surface area contributed by atoms with E-state index in [9.17, 15) is 9.59 Å². The molecule has 7 nitrogen and oxygen atoms in total. The first-order chi connectivity index (χ1) is 16.8. The first-order valence-electron chi connectivity index (χ1n) is 12.1. The average molecular weight is 472 g/mol. The molecule has 1 fully saturated rings. The molecule has 7 heteroatoms. The molecule has 0 spiro atoms. The number of amides is 1. The molecule has 1 atom stereocenters. The zero-order valence-electron chi connectivity index (χ0n) is 20.9. The minimum absolute atomic E-state index is 0.0302. The monoisotopic (exact) mass is 471 g/mol. The van der Waals surface area contributed by atoms with Crippen molar-refractivity contribution >= 4 is 23.2 Å². The number of aryl methyl sites for hydroxylation is 1. The van der Waals surface area contributed by atoms with Crippen LogP contribution in [0, 0.1) is 6.92 Å². The maximum Gasteiger partial charge on any atom is 0.246 e. The number of hydrogen-bond acceptors (Lipinski definition) is 6. The topological polar surface area (TPSA) is 78.4 Å². The van der Waals surface area contributed by atoms with Crippen molar-refractivity contribution in [3.63, 3.8) is 0 Å². The van der Waals surface area contributed by atoms with Gasteiger partial charge in [-0.1, -0.05) is 56.3 Å². The SMILES string of the molecule is CC(=O)c1cccc(NC(=O)[C@H](c2ccccc2)N2CCN(c3cc(C)nc(C(C)C)n3)CC2)c1. The van der Waals surface area contributed by atoms with Crippen LogP contribution in [0.5, 0.6) is 0 Å². The summed E-state index contributed by atoms with van der Waals surface area (Å²) < 4.78 is 0. The molecule has 2 heterocycles. The first-order valence-corrected chi connectivity index (χ1v) is 12.1. The maximum absolute atomic E-state index is 13.5. The van der Waals surface area contributed by atoms with Gasteiger partial charge in [0.15, 0.2) is 5.78 Å². The lowest BCUT2D eigenvalue weighted by atomic mass is 10.0. The number of piperazine rings is 1. The van der Waals surface area contributed by atoms with E-state index in [2.05, 4.69) is 33.9 Å². The van der Waals surface area contributed by atoms with Gasteiger partial charge >= 0.3 is 0 Å². The van der Waals surface area contributed by atoms with Crippen molar-refractivity contribution in [3.8, 4) is 0 Å². The predicted octanol–water partition coefficient (Wildman–Crippen LogP) is 4.61. The van der Waals surface area contributed by atoms with Crippen LogP contribution in [-0.4, -0.2) is 52.7 Å². The van der Waals surface area contributed by atoms with Crippen molar-refractivity contribution in [1.29, 1.82) is 0 Å². The second kappa shape index (κ2) is 10.8. The second-order valence-electron chi connectivity index (χ2n) is 9.34. The molecule has 1 aromatic heterocycles. The number of ketones is 1. The summed E-state index contributed by atoms with van der Waals surface area (Å²) in [7, 11) is 0. The Hall–Kier alpha value is -3.58. The minimum atomic E-state index is -0.433. The quantitative estimate of drug-likeness (QED) is 0.507. The summed E-state index contributed by atoms with van der Waals surface area (Å²) >= 11 is 0. The molecule has 1 saturated heterocycles. The number of carbonyl (C=O) groups excluding carboxylic acids is 2. The Morgan fingerprint density at radius 1 is 0.914 bits per heavy atom. The summed E-state index contributed by atoms with van der Waals surface area (Å²) in [5.41, 5.74) is 3.12. The number of hydrogen-bond donors (Lipinski definition) is 1. The van der Waals surface area contributed by atoms with Crippen LogP contribution in [0.15, 0.2) is 60.7 Å². The van der Waals surface area contributed by atoms with Crippen LogP contribution in [0.4, 0.5) is 11.5 Å². The molecule has 0 saturated carbocycles. The molecule has 0 aliphatic carbocycles. The highest BCUT2D eigenvalue weighted by molar-refractivity contribution is 5.98. The van der Waals surface area contributed by atoms with Crippen LogP contribution in [0.1, 0.15) is 60.2 Å². The summed E-state index contributed by atoms with van der Waals surface area (Å²) in [6.45, 7) is 10.7. The van der Waals surface area contributed by atoms with Crippen molar-refractivity contribution < 1.29 is 9.59 Å². The summed E-state index contributed by atoms with van der Waals surface area (Å²) in [6.07, 6.45) is 0. The normalized spacial score (nSPS) is 15.2. The third-order valence-electron chi connectivity index (χ3n) is 6.28. The van der Waals surface area contributed by atoms with Crippen LogP contribution in [0.3, 0.4) is 0 Å². The maximum atomic E-state index is 13.5. The molecular formula is C28H33N5O2. The number of rotatable bonds is 7. The van der Waals surface area contributed by atoms with Gasteiger partial charge in [-0.3, -0.25) is 14.5 Å². The Bertz CT molecular complexity index is 1190. The fourth-order valence-corrected chi connectivity index (χ4v) is 4.39. The molecule has 1 aliphatic heterocycles. The fraction of sp³-hybridized carbons (Fsp3) is 0.357. The zero-order valence-corrected chi connectivity index (χ0v) is 20.9. The summed E-state index contributed by atoms with van der Waals surface area (Å²) in [6, 6.07) is 18.5. The van der Waals surface area contributed by atoms with Crippen LogP contribution in [0.25, 0.3) is 0 Å². The number of benzene rings is 2. The van der Waals surface area contributed by atoms with Crippen molar-refractivity contribution in [2.75, 3.05) is 36.4 Å². The zero-order chi connectivity index (χ0) is 24.9. The number of carbonyl (C=O) groups is 2. The molecule has 4 rings (SSSR count). The van der Waals surface area contributed by atoms with Crippen molar-refractivity contribution in [2.45, 2.75) is 39.7 Å². The molecule has 0 unspecified atom stereocenters. The second-order valence-corrected chi connectivity index (χ2v) is 9.34. The minimum Gasteiger partial charge on any atom is -0.354 e. The van der Waals surface area contributed by atoms with Gasteiger partial charge in [0.1, 0.15) is 17.7 Å². The van der Waals surface area contributed by atoms with Gasteiger partial charge in [-0.05, 0) is 31.5 Å². The van der Waals surface area contributed by atoms with E-state index in [0.717, 1.165) is 49.1 Å². The highest BCUT2D eigenvalue weighted by Gasteiger charge is 2.31. The Morgan fingerprint density at radius 2 is 1.63 bits per heavy atom. The van der Waals surface area contributed by atoms with Crippen LogP contribution in [0.2, 0.25) is 0 Å². The lowest BCUT2D eigenvalue weighted by Crippen LogP contribution is -2.50. The number of Topliss-reactive ketones (excluding diaryl/α,β-unsaturated/α-hetero) is 1. The molecule has 3 aromatic rings. The highest BCUT2D eigenvalue weighted by atomic mass is 16.2. The van der Waals surface area contributed by atoms with Crippen LogP contribution >= 0.6 is 0 Å². The van der Waals surface area contributed by atoms with Gasteiger partial charge in [-0.25, -0.2) is 9.97 Å². The van der Waals surface area contributed by atoms with Gasteiger partial charge < -0.3 is 10.2 Å².